The van der Waals surface area contributed by atoms with Gasteiger partial charge in [0.25, 0.3) is 0 Å². The lowest BCUT2D eigenvalue weighted by Gasteiger charge is -2.12. The van der Waals surface area contributed by atoms with Gasteiger partial charge in [-0.15, -0.1) is 0 Å². The Morgan fingerprint density at radius 2 is 1.75 bits per heavy atom. The average Bonchev–Trinajstić information content (AvgIpc) is 2.68. The first-order valence-electron chi connectivity index (χ1n) is 4.85. The topological polar surface area (TPSA) is 56.2 Å². The average molecular weight is 314 g/mol. The molecule has 20 heavy (non-hydrogen) atoms. The zero-order valence-electron chi connectivity index (χ0n) is 9.25. The second-order valence-electron chi connectivity index (χ2n) is 3.68. The van der Waals surface area contributed by atoms with Crippen LogP contribution in [0.3, 0.4) is 0 Å². The van der Waals surface area contributed by atoms with Crippen molar-refractivity contribution in [2.75, 3.05) is 0 Å². The van der Waals surface area contributed by atoms with Gasteiger partial charge in [0, 0.05) is 0 Å². The fraction of sp³-hybridized carbons (Fsp3) is 0.222. The molecule has 0 spiro atoms. The third-order valence-corrected chi connectivity index (χ3v) is 2.54. The van der Waals surface area contributed by atoms with E-state index in [-0.39, 0.29) is 16.1 Å². The van der Waals surface area contributed by atoms with Crippen LogP contribution in [0.15, 0.2) is 12.3 Å². The summed E-state index contributed by atoms with van der Waals surface area (Å²) in [6.45, 7) is 0. The van der Waals surface area contributed by atoms with E-state index in [9.17, 15) is 26.3 Å². The van der Waals surface area contributed by atoms with Gasteiger partial charge in [0.15, 0.2) is 11.3 Å². The lowest BCUT2D eigenvalue weighted by atomic mass is 10.2. The van der Waals surface area contributed by atoms with Crippen molar-refractivity contribution in [3.8, 4) is 0 Å². The number of alkyl halides is 6. The van der Waals surface area contributed by atoms with E-state index in [0.717, 1.165) is 6.20 Å². The summed E-state index contributed by atoms with van der Waals surface area (Å²) < 4.78 is 76.4. The van der Waals surface area contributed by atoms with Gasteiger partial charge in [0.05, 0.1) is 11.8 Å². The summed E-state index contributed by atoms with van der Waals surface area (Å²) in [6.07, 6.45) is -9.25. The molecule has 0 radical (unpaired) electrons. The molecule has 0 amide bonds. The van der Waals surface area contributed by atoms with Crippen LogP contribution < -0.4 is 5.73 Å². The minimum absolute atomic E-state index is 0.122. The van der Waals surface area contributed by atoms with E-state index in [0.29, 0.717) is 0 Å². The summed E-state index contributed by atoms with van der Waals surface area (Å²) in [6, 6.07) is -0.122. The first-order valence-corrected chi connectivity index (χ1v) is 5.25. The number of thiocarbonyl (C=S) groups is 1. The molecule has 0 saturated heterocycles. The lowest BCUT2D eigenvalue weighted by molar-refractivity contribution is -0.148. The molecule has 0 fully saturated rings. The molecular formula is C9H4F6N4S. The number of fused-ring (bicyclic) bond motifs is 1. The molecule has 2 heterocycles. The molecule has 2 N–H and O–H groups in total. The Labute approximate surface area is 112 Å². The van der Waals surface area contributed by atoms with Gasteiger partial charge >= 0.3 is 12.4 Å². The molecule has 108 valence electrons. The van der Waals surface area contributed by atoms with E-state index in [1.54, 1.807) is 0 Å². The monoisotopic (exact) mass is 314 g/mol. The van der Waals surface area contributed by atoms with Crippen molar-refractivity contribution in [2.45, 2.75) is 12.4 Å². The van der Waals surface area contributed by atoms with Crippen molar-refractivity contribution in [2.24, 2.45) is 5.73 Å². The maximum atomic E-state index is 12.8. The summed E-state index contributed by atoms with van der Waals surface area (Å²) in [4.78, 5) is 2.71. The zero-order valence-corrected chi connectivity index (χ0v) is 10.1. The van der Waals surface area contributed by atoms with Crippen LogP contribution in [0.5, 0.6) is 0 Å². The molecule has 2 aromatic rings. The molecule has 11 heteroatoms. The first kappa shape index (κ1) is 14.5. The summed E-state index contributed by atoms with van der Waals surface area (Å²) in [7, 11) is 0. The summed E-state index contributed by atoms with van der Waals surface area (Å²) in [5, 5.41) is 3.33. The number of hydrogen-bond donors (Lipinski definition) is 1. The van der Waals surface area contributed by atoms with Gasteiger partial charge in [0.2, 0.25) is 0 Å². The largest absolute Gasteiger partial charge is 0.433 e. The number of aromatic nitrogens is 3. The molecule has 4 nitrogen and oxygen atoms in total. The molecule has 0 aliphatic heterocycles. The van der Waals surface area contributed by atoms with E-state index in [1.165, 1.54) is 0 Å². The fourth-order valence-corrected chi connectivity index (χ4v) is 1.63. The molecule has 0 aliphatic carbocycles. The molecule has 0 atom stereocenters. The van der Waals surface area contributed by atoms with Crippen LogP contribution in [0.4, 0.5) is 26.3 Å². The van der Waals surface area contributed by atoms with Gasteiger partial charge in [0.1, 0.15) is 10.7 Å². The van der Waals surface area contributed by atoms with E-state index in [2.05, 4.69) is 22.3 Å². The van der Waals surface area contributed by atoms with Crippen molar-refractivity contribution >= 4 is 22.9 Å². The number of nitrogens with two attached hydrogens (primary N) is 1. The van der Waals surface area contributed by atoms with E-state index < -0.39 is 34.4 Å². The number of halogens is 6. The third kappa shape index (κ3) is 2.40. The molecule has 0 aromatic carbocycles. The van der Waals surface area contributed by atoms with E-state index in [4.69, 9.17) is 5.73 Å². The highest BCUT2D eigenvalue weighted by Crippen LogP contribution is 2.35. The van der Waals surface area contributed by atoms with Crippen LogP contribution in [0, 0.1) is 0 Å². The molecule has 0 bridgehead atoms. The van der Waals surface area contributed by atoms with Crippen molar-refractivity contribution < 1.29 is 26.3 Å². The van der Waals surface area contributed by atoms with Crippen LogP contribution in [0.1, 0.15) is 17.0 Å². The Morgan fingerprint density at radius 3 is 2.20 bits per heavy atom. The molecule has 0 saturated carbocycles. The third-order valence-electron chi connectivity index (χ3n) is 2.32. The Hall–Kier alpha value is -1.91. The maximum absolute atomic E-state index is 12.8. The number of hydrogen-bond acceptors (Lipinski definition) is 3. The van der Waals surface area contributed by atoms with Crippen molar-refractivity contribution in [1.29, 1.82) is 0 Å². The van der Waals surface area contributed by atoms with Gasteiger partial charge in [-0.3, -0.25) is 0 Å². The van der Waals surface area contributed by atoms with Gasteiger partial charge in [-0.25, -0.2) is 9.50 Å². The van der Waals surface area contributed by atoms with Crippen LogP contribution in [0.25, 0.3) is 5.65 Å². The highest BCUT2D eigenvalue weighted by molar-refractivity contribution is 7.80. The summed E-state index contributed by atoms with van der Waals surface area (Å²) >= 11 is 4.54. The Bertz CT molecular complexity index is 686. The Morgan fingerprint density at radius 1 is 1.15 bits per heavy atom. The van der Waals surface area contributed by atoms with Gasteiger partial charge in [-0.2, -0.15) is 31.4 Å². The van der Waals surface area contributed by atoms with Crippen LogP contribution in [-0.2, 0) is 12.4 Å². The molecule has 2 aromatic heterocycles. The normalized spacial score (nSPS) is 12.9. The fourth-order valence-electron chi connectivity index (χ4n) is 1.48. The predicted octanol–water partition coefficient (Wildman–Crippen LogP) is 2.40. The standard InChI is InChI=1S/C9H4F6N4S/c10-8(11,12)4-1-5(9(13,14)15)19-7(18-4)3(2-17-19)6(16)20/h1-2H,(H2,16,20). The minimum Gasteiger partial charge on any atom is -0.389 e. The molecule has 2 rings (SSSR count). The van der Waals surface area contributed by atoms with Gasteiger partial charge in [-0.1, -0.05) is 12.2 Å². The second-order valence-corrected chi connectivity index (χ2v) is 4.12. The predicted molar refractivity (Wildman–Crippen MR) is 58.9 cm³/mol. The quantitative estimate of drug-likeness (QED) is 0.649. The maximum Gasteiger partial charge on any atom is 0.433 e. The molecule has 0 unspecified atom stereocenters. The second kappa shape index (κ2) is 4.30. The summed E-state index contributed by atoms with van der Waals surface area (Å²) in [5.41, 5.74) is 0.944. The molecular weight excluding hydrogens is 310 g/mol. The van der Waals surface area contributed by atoms with Crippen molar-refractivity contribution in [3.63, 3.8) is 0 Å². The number of nitrogens with zero attached hydrogens (tertiary/aromatic N) is 3. The van der Waals surface area contributed by atoms with Gasteiger partial charge < -0.3 is 5.73 Å². The molecule has 0 aliphatic rings. The first-order chi connectivity index (χ1) is 9.01. The van der Waals surface area contributed by atoms with E-state index in [1.807, 2.05) is 0 Å². The van der Waals surface area contributed by atoms with E-state index >= 15 is 0 Å². The number of rotatable bonds is 1. The highest BCUT2D eigenvalue weighted by Gasteiger charge is 2.40. The minimum atomic E-state index is -5.04. The lowest BCUT2D eigenvalue weighted by Crippen LogP contribution is -2.19. The van der Waals surface area contributed by atoms with Crippen molar-refractivity contribution in [3.05, 3.63) is 29.2 Å². The summed E-state index contributed by atoms with van der Waals surface area (Å²) in [5.74, 6) is 0. The van der Waals surface area contributed by atoms with Gasteiger partial charge in [-0.05, 0) is 6.07 Å². The van der Waals surface area contributed by atoms with Crippen LogP contribution in [0.2, 0.25) is 0 Å². The highest BCUT2D eigenvalue weighted by atomic mass is 32.1. The SMILES string of the molecule is NC(=S)c1cnn2c(C(F)(F)F)cc(C(F)(F)F)nc12. The Balaban J connectivity index is 2.88. The van der Waals surface area contributed by atoms with Crippen LogP contribution in [-0.4, -0.2) is 19.6 Å². The van der Waals surface area contributed by atoms with Crippen molar-refractivity contribution in [1.82, 2.24) is 14.6 Å². The van der Waals surface area contributed by atoms with Crippen LogP contribution >= 0.6 is 12.2 Å². The Kier molecular flexibility index (Phi) is 3.11. The smallest absolute Gasteiger partial charge is 0.389 e. The zero-order chi connectivity index (χ0) is 15.3.